The molecule has 18 heavy (non-hydrogen) atoms. The van der Waals surface area contributed by atoms with E-state index in [0.29, 0.717) is 25.3 Å². The molecule has 1 fully saturated rings. The first kappa shape index (κ1) is 15.4. The first-order valence-corrected chi connectivity index (χ1v) is 6.81. The third kappa shape index (κ3) is 5.33. The predicted octanol–water partition coefficient (Wildman–Crippen LogP) is 0.685. The van der Waals surface area contributed by atoms with Crippen molar-refractivity contribution in [3.8, 4) is 0 Å². The second-order valence-corrected chi connectivity index (χ2v) is 4.79. The van der Waals surface area contributed by atoms with Gasteiger partial charge in [-0.1, -0.05) is 6.92 Å². The number of hydrogen-bond donors (Lipinski definition) is 2. The van der Waals surface area contributed by atoms with Crippen LogP contribution in [0.25, 0.3) is 0 Å². The second-order valence-electron chi connectivity index (χ2n) is 4.79. The van der Waals surface area contributed by atoms with Gasteiger partial charge in [-0.3, -0.25) is 4.79 Å². The number of hydrogen-bond acceptors (Lipinski definition) is 4. The Hall–Kier alpha value is -0.650. The maximum absolute atomic E-state index is 11.8. The van der Waals surface area contributed by atoms with Crippen LogP contribution in [0.4, 0.5) is 0 Å². The van der Waals surface area contributed by atoms with E-state index >= 15 is 0 Å². The van der Waals surface area contributed by atoms with Crippen molar-refractivity contribution in [2.75, 3.05) is 26.9 Å². The van der Waals surface area contributed by atoms with Crippen LogP contribution in [0.15, 0.2) is 0 Å². The van der Waals surface area contributed by atoms with Crippen LogP contribution in [-0.2, 0) is 14.3 Å². The summed E-state index contributed by atoms with van der Waals surface area (Å²) in [5, 5.41) is 6.22. The summed E-state index contributed by atoms with van der Waals surface area (Å²) < 4.78 is 10.5. The van der Waals surface area contributed by atoms with Gasteiger partial charge in [0.2, 0.25) is 5.91 Å². The summed E-state index contributed by atoms with van der Waals surface area (Å²) in [6, 6.07) is 0.217. The maximum Gasteiger partial charge on any atom is 0.236 e. The summed E-state index contributed by atoms with van der Waals surface area (Å²) in [7, 11) is 1.63. The molecule has 0 aliphatic carbocycles. The van der Waals surface area contributed by atoms with Gasteiger partial charge in [-0.15, -0.1) is 0 Å². The van der Waals surface area contributed by atoms with Crippen molar-refractivity contribution in [2.45, 2.75) is 51.3 Å². The van der Waals surface area contributed by atoms with Crippen molar-refractivity contribution in [1.29, 1.82) is 0 Å². The maximum atomic E-state index is 11.8. The Kier molecular flexibility index (Phi) is 7.23. The van der Waals surface area contributed by atoms with Crippen molar-refractivity contribution in [3.05, 3.63) is 0 Å². The van der Waals surface area contributed by atoms with E-state index in [9.17, 15) is 4.79 Å². The standard InChI is InChI=1S/C13H26N2O3/c1-4-12-9-11(5-7-18-12)15-10(2)13(16)14-6-8-17-3/h10-12,15H,4-9H2,1-3H3,(H,14,16). The van der Waals surface area contributed by atoms with E-state index < -0.39 is 0 Å². The summed E-state index contributed by atoms with van der Waals surface area (Å²) in [4.78, 5) is 11.8. The molecule has 0 saturated carbocycles. The minimum atomic E-state index is -0.164. The van der Waals surface area contributed by atoms with Crippen LogP contribution in [0.2, 0.25) is 0 Å². The van der Waals surface area contributed by atoms with Crippen LogP contribution in [0.1, 0.15) is 33.1 Å². The molecule has 3 unspecified atom stereocenters. The highest BCUT2D eigenvalue weighted by molar-refractivity contribution is 5.81. The van der Waals surface area contributed by atoms with Crippen LogP contribution in [0.5, 0.6) is 0 Å². The number of rotatable bonds is 7. The van der Waals surface area contributed by atoms with E-state index in [4.69, 9.17) is 9.47 Å². The number of nitrogens with one attached hydrogen (secondary N) is 2. The lowest BCUT2D eigenvalue weighted by Crippen LogP contribution is -2.49. The summed E-state index contributed by atoms with van der Waals surface area (Å²) in [6.07, 6.45) is 3.34. The number of methoxy groups -OCH3 is 1. The molecular formula is C13H26N2O3. The lowest BCUT2D eigenvalue weighted by molar-refractivity contribution is -0.123. The number of ether oxygens (including phenoxy) is 2. The first-order valence-electron chi connectivity index (χ1n) is 6.81. The zero-order chi connectivity index (χ0) is 13.4. The van der Waals surface area contributed by atoms with Gasteiger partial charge in [-0.05, 0) is 26.2 Å². The van der Waals surface area contributed by atoms with Gasteiger partial charge in [0.1, 0.15) is 0 Å². The molecule has 5 heteroatoms. The summed E-state index contributed by atoms with van der Waals surface area (Å²) in [5.41, 5.74) is 0. The Morgan fingerprint density at radius 3 is 3.00 bits per heavy atom. The van der Waals surface area contributed by atoms with E-state index in [2.05, 4.69) is 17.6 Å². The second kappa shape index (κ2) is 8.45. The molecule has 106 valence electrons. The molecule has 3 atom stereocenters. The van der Waals surface area contributed by atoms with Crippen molar-refractivity contribution in [3.63, 3.8) is 0 Å². The smallest absolute Gasteiger partial charge is 0.236 e. The largest absolute Gasteiger partial charge is 0.383 e. The molecule has 1 rings (SSSR count). The quantitative estimate of drug-likeness (QED) is 0.660. The van der Waals surface area contributed by atoms with Gasteiger partial charge >= 0.3 is 0 Å². The Morgan fingerprint density at radius 1 is 1.56 bits per heavy atom. The minimum absolute atomic E-state index is 0.0339. The SMILES string of the molecule is CCC1CC(NC(C)C(=O)NCCOC)CCO1. The van der Waals surface area contributed by atoms with Crippen molar-refractivity contribution in [2.24, 2.45) is 0 Å². The molecule has 1 heterocycles. The highest BCUT2D eigenvalue weighted by Gasteiger charge is 2.24. The molecule has 0 radical (unpaired) electrons. The van der Waals surface area contributed by atoms with E-state index in [0.717, 1.165) is 25.9 Å². The molecule has 5 nitrogen and oxygen atoms in total. The molecule has 1 amide bonds. The molecule has 0 bridgehead atoms. The van der Waals surface area contributed by atoms with Crippen LogP contribution >= 0.6 is 0 Å². The average molecular weight is 258 g/mol. The Balaban J connectivity index is 2.25. The van der Waals surface area contributed by atoms with Crippen molar-refractivity contribution in [1.82, 2.24) is 10.6 Å². The van der Waals surface area contributed by atoms with Gasteiger partial charge < -0.3 is 20.1 Å². The van der Waals surface area contributed by atoms with E-state index in [1.807, 2.05) is 6.92 Å². The Bertz CT molecular complexity index is 248. The van der Waals surface area contributed by atoms with Gasteiger partial charge in [-0.25, -0.2) is 0 Å². The fraction of sp³-hybridized carbons (Fsp3) is 0.923. The average Bonchev–Trinajstić information content (AvgIpc) is 2.39. The minimum Gasteiger partial charge on any atom is -0.383 e. The third-order valence-electron chi connectivity index (χ3n) is 3.31. The van der Waals surface area contributed by atoms with Crippen LogP contribution in [-0.4, -0.2) is 51.0 Å². The first-order chi connectivity index (χ1) is 8.67. The normalized spacial score (nSPS) is 25.7. The molecule has 1 aliphatic heterocycles. The summed E-state index contributed by atoms with van der Waals surface area (Å²) >= 11 is 0. The molecule has 0 aromatic heterocycles. The van der Waals surface area contributed by atoms with E-state index in [-0.39, 0.29) is 11.9 Å². The Labute approximate surface area is 110 Å². The highest BCUT2D eigenvalue weighted by Crippen LogP contribution is 2.16. The zero-order valence-corrected chi connectivity index (χ0v) is 11.7. The van der Waals surface area contributed by atoms with Gasteiger partial charge in [0.05, 0.1) is 18.8 Å². The fourth-order valence-electron chi connectivity index (χ4n) is 2.17. The molecule has 0 aromatic rings. The van der Waals surface area contributed by atoms with E-state index in [1.165, 1.54) is 0 Å². The van der Waals surface area contributed by atoms with Gasteiger partial charge in [0.25, 0.3) is 0 Å². The lowest BCUT2D eigenvalue weighted by Gasteiger charge is -2.31. The molecule has 1 aliphatic rings. The molecule has 0 aromatic carbocycles. The number of carbonyl (C=O) groups excluding carboxylic acids is 1. The summed E-state index contributed by atoms with van der Waals surface area (Å²) in [5.74, 6) is 0.0339. The van der Waals surface area contributed by atoms with Crippen LogP contribution < -0.4 is 10.6 Å². The van der Waals surface area contributed by atoms with Crippen molar-refractivity contribution >= 4 is 5.91 Å². The van der Waals surface area contributed by atoms with Gasteiger partial charge in [0, 0.05) is 26.3 Å². The molecule has 1 saturated heterocycles. The topological polar surface area (TPSA) is 59.6 Å². The molecule has 0 spiro atoms. The van der Waals surface area contributed by atoms with Crippen LogP contribution in [0.3, 0.4) is 0 Å². The van der Waals surface area contributed by atoms with Crippen molar-refractivity contribution < 1.29 is 14.3 Å². The fourth-order valence-corrected chi connectivity index (χ4v) is 2.17. The van der Waals surface area contributed by atoms with E-state index in [1.54, 1.807) is 7.11 Å². The molecular weight excluding hydrogens is 232 g/mol. The van der Waals surface area contributed by atoms with Crippen LogP contribution in [0, 0.1) is 0 Å². The van der Waals surface area contributed by atoms with Gasteiger partial charge in [0.15, 0.2) is 0 Å². The Morgan fingerprint density at radius 2 is 2.33 bits per heavy atom. The number of carbonyl (C=O) groups is 1. The lowest BCUT2D eigenvalue weighted by atomic mass is 10.0. The number of amides is 1. The highest BCUT2D eigenvalue weighted by atomic mass is 16.5. The predicted molar refractivity (Wildman–Crippen MR) is 70.5 cm³/mol. The summed E-state index contributed by atoms with van der Waals surface area (Å²) in [6.45, 7) is 5.93. The monoisotopic (exact) mass is 258 g/mol. The third-order valence-corrected chi connectivity index (χ3v) is 3.31. The molecule has 2 N–H and O–H groups in total. The van der Waals surface area contributed by atoms with Gasteiger partial charge in [-0.2, -0.15) is 0 Å². The zero-order valence-electron chi connectivity index (χ0n) is 11.7.